The van der Waals surface area contributed by atoms with Crippen molar-refractivity contribution >= 4 is 17.6 Å². The molecule has 1 aliphatic rings. The van der Waals surface area contributed by atoms with E-state index in [0.717, 1.165) is 16.9 Å². The highest BCUT2D eigenvalue weighted by atomic mass is 35.5. The lowest BCUT2D eigenvalue weighted by atomic mass is 10.1. The Hall–Kier alpha value is -2.40. The zero-order valence-electron chi connectivity index (χ0n) is 12.6. The highest BCUT2D eigenvalue weighted by Crippen LogP contribution is 2.34. The number of ether oxygens (including phenoxy) is 2. The second-order valence-corrected chi connectivity index (χ2v) is 5.66. The Labute approximate surface area is 139 Å². The van der Waals surface area contributed by atoms with Gasteiger partial charge in [0, 0.05) is 11.6 Å². The van der Waals surface area contributed by atoms with Crippen molar-refractivity contribution in [1.82, 2.24) is 10.6 Å². The first kappa shape index (κ1) is 15.5. The van der Waals surface area contributed by atoms with Gasteiger partial charge in [-0.05, 0) is 36.2 Å². The van der Waals surface area contributed by atoms with Crippen LogP contribution in [0.25, 0.3) is 0 Å². The van der Waals surface area contributed by atoms with Crippen LogP contribution in [0.15, 0.2) is 42.5 Å². The standard InChI is InChI=1S/C17H17ClN2O3/c1-11(12-6-7-15-16(8-12)23-10-22-15)20-17(21)19-9-13-4-2-3-5-14(13)18/h2-8,11H,9-10H2,1H3,(H2,19,20,21). The number of hydrogen-bond acceptors (Lipinski definition) is 3. The third-order valence-corrected chi connectivity index (χ3v) is 4.01. The molecule has 6 heteroatoms. The van der Waals surface area contributed by atoms with Crippen molar-refractivity contribution in [2.45, 2.75) is 19.5 Å². The van der Waals surface area contributed by atoms with Gasteiger partial charge in [0.05, 0.1) is 6.04 Å². The van der Waals surface area contributed by atoms with Gasteiger partial charge in [0.15, 0.2) is 11.5 Å². The zero-order chi connectivity index (χ0) is 16.2. The number of fused-ring (bicyclic) bond motifs is 1. The van der Waals surface area contributed by atoms with Crippen LogP contribution in [-0.4, -0.2) is 12.8 Å². The zero-order valence-corrected chi connectivity index (χ0v) is 13.4. The molecule has 0 saturated heterocycles. The summed E-state index contributed by atoms with van der Waals surface area (Å²) in [6.07, 6.45) is 0. The topological polar surface area (TPSA) is 59.6 Å². The largest absolute Gasteiger partial charge is 0.454 e. The van der Waals surface area contributed by atoms with Gasteiger partial charge in [-0.2, -0.15) is 0 Å². The molecule has 0 aromatic heterocycles. The fraction of sp³-hybridized carbons (Fsp3) is 0.235. The quantitative estimate of drug-likeness (QED) is 0.898. The van der Waals surface area contributed by atoms with Crippen LogP contribution in [0.2, 0.25) is 5.02 Å². The number of rotatable bonds is 4. The van der Waals surface area contributed by atoms with Crippen LogP contribution in [0.5, 0.6) is 11.5 Å². The van der Waals surface area contributed by atoms with Crippen LogP contribution in [0, 0.1) is 0 Å². The Balaban J connectivity index is 1.56. The Morgan fingerprint density at radius 3 is 2.83 bits per heavy atom. The lowest BCUT2D eigenvalue weighted by molar-refractivity contribution is 0.174. The highest BCUT2D eigenvalue weighted by molar-refractivity contribution is 6.31. The fourth-order valence-corrected chi connectivity index (χ4v) is 2.53. The molecule has 1 aliphatic heterocycles. The van der Waals surface area contributed by atoms with Gasteiger partial charge in [-0.1, -0.05) is 35.9 Å². The summed E-state index contributed by atoms with van der Waals surface area (Å²) < 4.78 is 10.6. The normalized spacial score (nSPS) is 13.5. The first-order valence-corrected chi connectivity index (χ1v) is 7.68. The number of benzene rings is 2. The van der Waals surface area contributed by atoms with E-state index < -0.39 is 0 Å². The summed E-state index contributed by atoms with van der Waals surface area (Å²) in [5.41, 5.74) is 1.82. The average Bonchev–Trinajstić information content (AvgIpc) is 3.01. The minimum absolute atomic E-state index is 0.157. The molecular formula is C17H17ClN2O3. The SMILES string of the molecule is CC(NC(=O)NCc1ccccc1Cl)c1ccc2c(c1)OCO2. The highest BCUT2D eigenvalue weighted by Gasteiger charge is 2.16. The average molecular weight is 333 g/mol. The number of urea groups is 1. The number of carbonyl (C=O) groups excluding carboxylic acids is 1. The predicted molar refractivity (Wildman–Crippen MR) is 87.8 cm³/mol. The summed E-state index contributed by atoms with van der Waals surface area (Å²) >= 11 is 6.07. The molecule has 2 aromatic rings. The van der Waals surface area contributed by atoms with E-state index in [1.165, 1.54) is 0 Å². The maximum absolute atomic E-state index is 12.0. The lowest BCUT2D eigenvalue weighted by Crippen LogP contribution is -2.36. The molecule has 0 radical (unpaired) electrons. The van der Waals surface area contributed by atoms with E-state index in [9.17, 15) is 4.79 Å². The molecule has 120 valence electrons. The second kappa shape index (κ2) is 6.79. The Morgan fingerprint density at radius 1 is 1.22 bits per heavy atom. The number of amides is 2. The van der Waals surface area contributed by atoms with Crippen molar-refractivity contribution in [3.05, 3.63) is 58.6 Å². The molecule has 2 amide bonds. The molecule has 23 heavy (non-hydrogen) atoms. The van der Waals surface area contributed by atoms with Crippen molar-refractivity contribution in [3.63, 3.8) is 0 Å². The maximum Gasteiger partial charge on any atom is 0.315 e. The summed E-state index contributed by atoms with van der Waals surface area (Å²) in [6, 6.07) is 12.6. The Bertz CT molecular complexity index is 721. The molecule has 0 saturated carbocycles. The Morgan fingerprint density at radius 2 is 2.00 bits per heavy atom. The minimum Gasteiger partial charge on any atom is -0.454 e. The minimum atomic E-state index is -0.255. The van der Waals surface area contributed by atoms with Gasteiger partial charge in [0.1, 0.15) is 0 Å². The van der Waals surface area contributed by atoms with Gasteiger partial charge in [-0.15, -0.1) is 0 Å². The van der Waals surface area contributed by atoms with Gasteiger partial charge in [-0.25, -0.2) is 4.79 Å². The molecule has 1 atom stereocenters. The maximum atomic E-state index is 12.0. The van der Waals surface area contributed by atoms with E-state index in [-0.39, 0.29) is 18.9 Å². The number of halogens is 1. The summed E-state index contributed by atoms with van der Waals surface area (Å²) in [5.74, 6) is 1.43. The van der Waals surface area contributed by atoms with Crippen LogP contribution in [0.3, 0.4) is 0 Å². The van der Waals surface area contributed by atoms with Crippen LogP contribution in [-0.2, 0) is 6.54 Å². The van der Waals surface area contributed by atoms with Gasteiger partial charge < -0.3 is 20.1 Å². The van der Waals surface area contributed by atoms with Gasteiger partial charge in [0.25, 0.3) is 0 Å². The number of hydrogen-bond donors (Lipinski definition) is 2. The molecule has 5 nitrogen and oxygen atoms in total. The van der Waals surface area contributed by atoms with Crippen molar-refractivity contribution in [2.75, 3.05) is 6.79 Å². The van der Waals surface area contributed by atoms with Crippen LogP contribution in [0.4, 0.5) is 4.79 Å². The van der Waals surface area contributed by atoms with Crippen molar-refractivity contribution in [2.24, 2.45) is 0 Å². The van der Waals surface area contributed by atoms with Crippen molar-refractivity contribution < 1.29 is 14.3 Å². The monoisotopic (exact) mass is 332 g/mol. The van der Waals surface area contributed by atoms with E-state index in [0.29, 0.717) is 17.3 Å². The van der Waals surface area contributed by atoms with E-state index in [1.807, 2.05) is 43.3 Å². The molecule has 0 aliphatic carbocycles. The molecule has 1 unspecified atom stereocenters. The summed E-state index contributed by atoms with van der Waals surface area (Å²) in [5, 5.41) is 6.33. The smallest absolute Gasteiger partial charge is 0.315 e. The third-order valence-electron chi connectivity index (χ3n) is 3.64. The predicted octanol–water partition coefficient (Wildman–Crippen LogP) is 3.63. The molecule has 2 aromatic carbocycles. The van der Waals surface area contributed by atoms with Crippen LogP contribution >= 0.6 is 11.6 Å². The molecule has 1 heterocycles. The summed E-state index contributed by atoms with van der Waals surface area (Å²) in [6.45, 7) is 2.52. The Kier molecular flexibility index (Phi) is 4.57. The fourth-order valence-electron chi connectivity index (χ4n) is 2.33. The van der Waals surface area contributed by atoms with Gasteiger partial charge >= 0.3 is 6.03 Å². The summed E-state index contributed by atoms with van der Waals surface area (Å²) in [4.78, 5) is 12.0. The molecular weight excluding hydrogens is 316 g/mol. The summed E-state index contributed by atoms with van der Waals surface area (Å²) in [7, 11) is 0. The van der Waals surface area contributed by atoms with Crippen molar-refractivity contribution in [1.29, 1.82) is 0 Å². The van der Waals surface area contributed by atoms with Crippen molar-refractivity contribution in [3.8, 4) is 11.5 Å². The van der Waals surface area contributed by atoms with E-state index >= 15 is 0 Å². The van der Waals surface area contributed by atoms with Gasteiger partial charge in [-0.3, -0.25) is 0 Å². The first-order valence-electron chi connectivity index (χ1n) is 7.31. The third kappa shape index (κ3) is 3.68. The van der Waals surface area contributed by atoms with Crippen LogP contribution in [0.1, 0.15) is 24.1 Å². The molecule has 0 bridgehead atoms. The van der Waals surface area contributed by atoms with E-state index in [2.05, 4.69) is 10.6 Å². The number of nitrogens with one attached hydrogen (secondary N) is 2. The second-order valence-electron chi connectivity index (χ2n) is 5.25. The van der Waals surface area contributed by atoms with E-state index in [4.69, 9.17) is 21.1 Å². The lowest BCUT2D eigenvalue weighted by Gasteiger charge is -2.16. The van der Waals surface area contributed by atoms with Gasteiger partial charge in [0.2, 0.25) is 6.79 Å². The van der Waals surface area contributed by atoms with Crippen LogP contribution < -0.4 is 20.1 Å². The van der Waals surface area contributed by atoms with E-state index in [1.54, 1.807) is 6.07 Å². The molecule has 0 spiro atoms. The number of carbonyl (C=O) groups is 1. The molecule has 0 fully saturated rings. The molecule has 2 N–H and O–H groups in total. The first-order chi connectivity index (χ1) is 11.1. The molecule has 3 rings (SSSR count).